The molecule has 3 aromatic carbocycles. The second kappa shape index (κ2) is 8.18. The number of anilines is 1. The van der Waals surface area contributed by atoms with Crippen LogP contribution in [0.5, 0.6) is 5.75 Å². The highest BCUT2D eigenvalue weighted by atomic mass is 16.5. The van der Waals surface area contributed by atoms with Gasteiger partial charge in [0.1, 0.15) is 11.4 Å². The van der Waals surface area contributed by atoms with Crippen LogP contribution < -0.4 is 10.1 Å². The van der Waals surface area contributed by atoms with E-state index in [1.165, 1.54) is 5.56 Å². The predicted octanol–water partition coefficient (Wildman–Crippen LogP) is 5.15. The van der Waals surface area contributed by atoms with Gasteiger partial charge in [-0.3, -0.25) is 4.79 Å². The first kappa shape index (κ1) is 19.4. The summed E-state index contributed by atoms with van der Waals surface area (Å²) < 4.78 is 7.08. The smallest absolute Gasteiger partial charge is 0.273 e. The topological polar surface area (TPSA) is 43.3 Å². The second-order valence-electron chi connectivity index (χ2n) is 7.10. The van der Waals surface area contributed by atoms with Crippen molar-refractivity contribution in [1.82, 2.24) is 4.57 Å². The number of fused-ring (bicyclic) bond motifs is 1. The van der Waals surface area contributed by atoms with Crippen LogP contribution in [0.15, 0.2) is 72.8 Å². The fourth-order valence-electron chi connectivity index (χ4n) is 3.42. The molecule has 4 heteroatoms. The number of aromatic nitrogens is 1. The molecule has 0 aliphatic rings. The molecule has 1 heterocycles. The number of rotatable bonds is 3. The number of ether oxygens (including phenoxy) is 1. The van der Waals surface area contributed by atoms with Gasteiger partial charge in [-0.1, -0.05) is 47.7 Å². The van der Waals surface area contributed by atoms with Crippen LogP contribution in [0.1, 0.15) is 27.2 Å². The third-order valence-electron chi connectivity index (χ3n) is 5.05. The number of nitrogens with one attached hydrogen (secondary N) is 1. The summed E-state index contributed by atoms with van der Waals surface area (Å²) in [5, 5.41) is 3.93. The first-order valence-corrected chi connectivity index (χ1v) is 9.68. The summed E-state index contributed by atoms with van der Waals surface area (Å²) in [4.78, 5) is 13.2. The van der Waals surface area contributed by atoms with E-state index in [9.17, 15) is 4.79 Å². The zero-order valence-electron chi connectivity index (χ0n) is 17.2. The fraction of sp³-hybridized carbons (Fsp3) is 0.115. The number of carbonyl (C=O) groups is 1. The maximum Gasteiger partial charge on any atom is 0.273 e. The second-order valence-corrected chi connectivity index (χ2v) is 7.10. The van der Waals surface area contributed by atoms with Gasteiger partial charge in [-0.2, -0.15) is 0 Å². The van der Waals surface area contributed by atoms with Gasteiger partial charge in [0.15, 0.2) is 0 Å². The molecule has 0 aliphatic heterocycles. The summed E-state index contributed by atoms with van der Waals surface area (Å²) in [5.41, 5.74) is 5.01. The van der Waals surface area contributed by atoms with E-state index in [1.807, 2.05) is 91.3 Å². The molecule has 0 bridgehead atoms. The highest BCUT2D eigenvalue weighted by molar-refractivity contribution is 6.09. The van der Waals surface area contributed by atoms with Crippen LogP contribution in [-0.4, -0.2) is 17.6 Å². The fourth-order valence-corrected chi connectivity index (χ4v) is 3.42. The SMILES string of the molecule is COc1ccc(NC(=O)c2c(C#Cc3ccc(C)cc3)c3ccccc3n2C)cc1. The van der Waals surface area contributed by atoms with Gasteiger partial charge in [-0.05, 0) is 49.4 Å². The first-order valence-electron chi connectivity index (χ1n) is 9.68. The molecule has 30 heavy (non-hydrogen) atoms. The standard InChI is InChI=1S/C26H22N2O2/c1-18-8-10-19(11-9-18)12-17-23-22-6-4-5-7-24(22)28(2)25(23)26(29)27-20-13-15-21(30-3)16-14-20/h4-11,13-16H,1-3H3,(H,27,29). The lowest BCUT2D eigenvalue weighted by Crippen LogP contribution is -2.17. The van der Waals surface area contributed by atoms with Gasteiger partial charge < -0.3 is 14.6 Å². The molecule has 0 aliphatic carbocycles. The Morgan fingerprint density at radius 2 is 1.63 bits per heavy atom. The maximum atomic E-state index is 13.2. The van der Waals surface area contributed by atoms with E-state index < -0.39 is 0 Å². The predicted molar refractivity (Wildman–Crippen MR) is 121 cm³/mol. The highest BCUT2D eigenvalue weighted by Gasteiger charge is 2.20. The Labute approximate surface area is 176 Å². The Balaban J connectivity index is 1.76. The number of amides is 1. The van der Waals surface area contributed by atoms with E-state index in [-0.39, 0.29) is 5.91 Å². The molecule has 4 rings (SSSR count). The average molecular weight is 394 g/mol. The van der Waals surface area contributed by atoms with E-state index in [2.05, 4.69) is 17.2 Å². The summed E-state index contributed by atoms with van der Waals surface area (Å²) in [7, 11) is 3.50. The normalized spacial score (nSPS) is 10.4. The van der Waals surface area contributed by atoms with E-state index in [4.69, 9.17) is 4.74 Å². The lowest BCUT2D eigenvalue weighted by molar-refractivity contribution is 0.101. The lowest BCUT2D eigenvalue weighted by Gasteiger charge is -2.08. The monoisotopic (exact) mass is 394 g/mol. The number of aryl methyl sites for hydroxylation is 2. The molecule has 0 spiro atoms. The van der Waals surface area contributed by atoms with Crippen LogP contribution >= 0.6 is 0 Å². The maximum absolute atomic E-state index is 13.2. The number of carbonyl (C=O) groups excluding carboxylic acids is 1. The Kier molecular flexibility index (Phi) is 5.28. The van der Waals surface area contributed by atoms with Crippen molar-refractivity contribution in [1.29, 1.82) is 0 Å². The van der Waals surface area contributed by atoms with E-state index in [0.29, 0.717) is 11.4 Å². The molecule has 0 atom stereocenters. The number of hydrogen-bond acceptors (Lipinski definition) is 2. The molecule has 4 aromatic rings. The molecule has 1 amide bonds. The summed E-state index contributed by atoms with van der Waals surface area (Å²) in [6.07, 6.45) is 0. The van der Waals surface area contributed by atoms with Gasteiger partial charge in [0, 0.05) is 29.2 Å². The Bertz CT molecular complexity index is 1270. The van der Waals surface area contributed by atoms with Crippen molar-refractivity contribution >= 4 is 22.5 Å². The molecule has 0 radical (unpaired) electrons. The van der Waals surface area contributed by atoms with Gasteiger partial charge in [-0.15, -0.1) is 0 Å². The van der Waals surface area contributed by atoms with Crippen molar-refractivity contribution in [2.75, 3.05) is 12.4 Å². The average Bonchev–Trinajstić information content (AvgIpc) is 3.06. The van der Waals surface area contributed by atoms with Crippen LogP contribution in [0.3, 0.4) is 0 Å². The van der Waals surface area contributed by atoms with Crippen molar-refractivity contribution in [3.05, 3.63) is 95.2 Å². The van der Waals surface area contributed by atoms with Gasteiger partial charge in [-0.25, -0.2) is 0 Å². The summed E-state index contributed by atoms with van der Waals surface area (Å²) in [5.74, 6) is 6.99. The molecule has 148 valence electrons. The summed E-state index contributed by atoms with van der Waals surface area (Å²) in [6.45, 7) is 2.05. The van der Waals surface area contributed by atoms with E-state index in [0.717, 1.165) is 27.8 Å². The van der Waals surface area contributed by atoms with Crippen LogP contribution in [0, 0.1) is 18.8 Å². The minimum absolute atomic E-state index is 0.202. The van der Waals surface area contributed by atoms with Crippen LogP contribution in [0.2, 0.25) is 0 Å². The van der Waals surface area contributed by atoms with Crippen LogP contribution in [0.25, 0.3) is 10.9 Å². The first-order chi connectivity index (χ1) is 14.6. The molecule has 0 saturated heterocycles. The molecule has 1 aromatic heterocycles. The Hall–Kier alpha value is -3.97. The van der Waals surface area contributed by atoms with Crippen molar-refractivity contribution in [2.45, 2.75) is 6.92 Å². The van der Waals surface area contributed by atoms with Crippen molar-refractivity contribution in [3.8, 4) is 17.6 Å². The Morgan fingerprint density at radius 3 is 2.33 bits per heavy atom. The van der Waals surface area contributed by atoms with Crippen molar-refractivity contribution in [3.63, 3.8) is 0 Å². The van der Waals surface area contributed by atoms with Crippen LogP contribution in [-0.2, 0) is 7.05 Å². The largest absolute Gasteiger partial charge is 0.497 e. The third-order valence-corrected chi connectivity index (χ3v) is 5.05. The molecule has 0 saturated carbocycles. The zero-order chi connectivity index (χ0) is 21.1. The number of nitrogens with zero attached hydrogens (tertiary/aromatic N) is 1. The molecule has 4 nitrogen and oxygen atoms in total. The summed E-state index contributed by atoms with van der Waals surface area (Å²) >= 11 is 0. The Morgan fingerprint density at radius 1 is 0.933 bits per heavy atom. The molecular formula is C26H22N2O2. The van der Waals surface area contributed by atoms with Crippen molar-refractivity contribution in [2.24, 2.45) is 7.05 Å². The number of para-hydroxylation sites is 1. The summed E-state index contributed by atoms with van der Waals surface area (Å²) in [6, 6.07) is 23.2. The molecule has 0 unspecified atom stereocenters. The third kappa shape index (κ3) is 3.78. The van der Waals surface area contributed by atoms with E-state index >= 15 is 0 Å². The van der Waals surface area contributed by atoms with Gasteiger partial charge in [0.05, 0.1) is 12.7 Å². The molecule has 0 fully saturated rings. The highest BCUT2D eigenvalue weighted by Crippen LogP contribution is 2.26. The minimum Gasteiger partial charge on any atom is -0.497 e. The number of hydrogen-bond donors (Lipinski definition) is 1. The van der Waals surface area contributed by atoms with Gasteiger partial charge in [0.25, 0.3) is 5.91 Å². The minimum atomic E-state index is -0.202. The van der Waals surface area contributed by atoms with Gasteiger partial charge >= 0.3 is 0 Å². The van der Waals surface area contributed by atoms with Crippen molar-refractivity contribution < 1.29 is 9.53 Å². The number of methoxy groups -OCH3 is 1. The lowest BCUT2D eigenvalue weighted by atomic mass is 10.1. The van der Waals surface area contributed by atoms with Gasteiger partial charge in [0.2, 0.25) is 0 Å². The molecular weight excluding hydrogens is 372 g/mol. The van der Waals surface area contributed by atoms with E-state index in [1.54, 1.807) is 7.11 Å². The van der Waals surface area contributed by atoms with Crippen LogP contribution in [0.4, 0.5) is 5.69 Å². The zero-order valence-corrected chi connectivity index (χ0v) is 17.2. The number of benzene rings is 3. The quantitative estimate of drug-likeness (QED) is 0.489. The molecule has 1 N–H and O–H groups in total.